The second kappa shape index (κ2) is 7.24. The van der Waals surface area contributed by atoms with Gasteiger partial charge in [0, 0.05) is 0 Å². The van der Waals surface area contributed by atoms with Crippen LogP contribution in [0.15, 0.2) is 24.3 Å². The summed E-state index contributed by atoms with van der Waals surface area (Å²) in [7, 11) is 0. The standard InChI is InChI=1S/C10H13ClN2O2S/c1-2-15-10(14)13-16-7-12-9-6-4-3-5-8(9)11/h3-6,12H,2,7H2,1H3,(H,13,14). The summed E-state index contributed by atoms with van der Waals surface area (Å²) in [4.78, 5) is 10.9. The van der Waals surface area contributed by atoms with Gasteiger partial charge in [0.05, 0.1) is 23.2 Å². The minimum atomic E-state index is -0.437. The average Bonchev–Trinajstić information content (AvgIpc) is 2.27. The van der Waals surface area contributed by atoms with Crippen molar-refractivity contribution in [2.45, 2.75) is 6.92 Å². The number of ether oxygens (including phenoxy) is 1. The molecule has 1 rings (SSSR count). The molecule has 4 nitrogen and oxygen atoms in total. The third kappa shape index (κ3) is 4.63. The lowest BCUT2D eigenvalue weighted by atomic mass is 10.3. The summed E-state index contributed by atoms with van der Waals surface area (Å²) in [5.74, 6) is 0.516. The molecule has 0 saturated carbocycles. The number of hydrogen-bond acceptors (Lipinski definition) is 4. The second-order valence-electron chi connectivity index (χ2n) is 2.77. The highest BCUT2D eigenvalue weighted by atomic mass is 35.5. The number of rotatable bonds is 5. The van der Waals surface area contributed by atoms with Crippen LogP contribution in [-0.4, -0.2) is 18.6 Å². The van der Waals surface area contributed by atoms with Crippen molar-refractivity contribution in [2.75, 3.05) is 17.8 Å². The number of para-hydroxylation sites is 1. The summed E-state index contributed by atoms with van der Waals surface area (Å²) < 4.78 is 7.22. The molecule has 0 bridgehead atoms. The van der Waals surface area contributed by atoms with Gasteiger partial charge in [-0.25, -0.2) is 4.79 Å². The van der Waals surface area contributed by atoms with Crippen molar-refractivity contribution in [3.63, 3.8) is 0 Å². The Hall–Kier alpha value is -1.07. The van der Waals surface area contributed by atoms with Gasteiger partial charge in [-0.15, -0.1) is 0 Å². The van der Waals surface area contributed by atoms with Crippen molar-refractivity contribution in [3.05, 3.63) is 29.3 Å². The Labute approximate surface area is 104 Å². The van der Waals surface area contributed by atoms with Crippen molar-refractivity contribution in [2.24, 2.45) is 0 Å². The van der Waals surface area contributed by atoms with E-state index in [-0.39, 0.29) is 0 Å². The van der Waals surface area contributed by atoms with Gasteiger partial charge in [0.1, 0.15) is 0 Å². The topological polar surface area (TPSA) is 50.4 Å². The van der Waals surface area contributed by atoms with Gasteiger partial charge in [-0.3, -0.25) is 4.72 Å². The van der Waals surface area contributed by atoms with Crippen LogP contribution in [-0.2, 0) is 4.74 Å². The monoisotopic (exact) mass is 260 g/mol. The minimum absolute atomic E-state index is 0.365. The van der Waals surface area contributed by atoms with E-state index in [1.165, 1.54) is 11.9 Å². The first-order valence-electron chi connectivity index (χ1n) is 4.77. The Kier molecular flexibility index (Phi) is 5.88. The van der Waals surface area contributed by atoms with Crippen LogP contribution in [0, 0.1) is 0 Å². The Morgan fingerprint density at radius 3 is 2.94 bits per heavy atom. The van der Waals surface area contributed by atoms with Crippen LogP contribution in [0.4, 0.5) is 10.5 Å². The van der Waals surface area contributed by atoms with E-state index < -0.39 is 6.09 Å². The molecule has 0 atom stereocenters. The molecule has 0 fully saturated rings. The molecule has 6 heteroatoms. The summed E-state index contributed by atoms with van der Waals surface area (Å²) in [6.45, 7) is 2.12. The molecule has 0 spiro atoms. The predicted octanol–water partition coefficient (Wildman–Crippen LogP) is 3.10. The van der Waals surface area contributed by atoms with E-state index in [0.29, 0.717) is 17.5 Å². The molecule has 0 unspecified atom stereocenters. The van der Waals surface area contributed by atoms with Crippen molar-refractivity contribution < 1.29 is 9.53 Å². The molecule has 1 amide bonds. The lowest BCUT2D eigenvalue weighted by molar-refractivity contribution is 0.159. The predicted molar refractivity (Wildman–Crippen MR) is 67.7 cm³/mol. The first kappa shape index (κ1) is 13.0. The average molecular weight is 261 g/mol. The number of benzene rings is 1. The van der Waals surface area contributed by atoms with Crippen LogP contribution in [0.5, 0.6) is 0 Å². The van der Waals surface area contributed by atoms with E-state index in [1.807, 2.05) is 18.2 Å². The fraction of sp³-hybridized carbons (Fsp3) is 0.300. The first-order valence-corrected chi connectivity index (χ1v) is 6.13. The molecular weight excluding hydrogens is 248 g/mol. The molecule has 16 heavy (non-hydrogen) atoms. The van der Waals surface area contributed by atoms with Crippen LogP contribution in [0.2, 0.25) is 5.02 Å². The maximum absolute atomic E-state index is 10.9. The molecule has 0 radical (unpaired) electrons. The highest BCUT2D eigenvalue weighted by molar-refractivity contribution is 7.97. The largest absolute Gasteiger partial charge is 0.449 e. The minimum Gasteiger partial charge on any atom is -0.449 e. The Morgan fingerprint density at radius 2 is 2.25 bits per heavy atom. The number of hydrogen-bond donors (Lipinski definition) is 2. The molecule has 0 aliphatic carbocycles. The number of carbonyl (C=O) groups is 1. The van der Waals surface area contributed by atoms with E-state index in [2.05, 4.69) is 10.0 Å². The summed E-state index contributed by atoms with van der Waals surface area (Å²) in [6, 6.07) is 7.41. The van der Waals surface area contributed by atoms with Gasteiger partial charge in [-0.05, 0) is 31.0 Å². The Balaban J connectivity index is 2.21. The van der Waals surface area contributed by atoms with Crippen LogP contribution in [0.3, 0.4) is 0 Å². The summed E-state index contributed by atoms with van der Waals surface area (Å²) in [5, 5.41) is 3.72. The molecule has 0 saturated heterocycles. The fourth-order valence-electron chi connectivity index (χ4n) is 0.974. The Morgan fingerprint density at radius 1 is 1.50 bits per heavy atom. The first-order chi connectivity index (χ1) is 7.74. The quantitative estimate of drug-likeness (QED) is 0.485. The van der Waals surface area contributed by atoms with Crippen LogP contribution >= 0.6 is 23.5 Å². The van der Waals surface area contributed by atoms with Gasteiger partial charge < -0.3 is 10.1 Å². The molecule has 0 aromatic heterocycles. The van der Waals surface area contributed by atoms with E-state index in [1.54, 1.807) is 13.0 Å². The van der Waals surface area contributed by atoms with E-state index in [4.69, 9.17) is 16.3 Å². The van der Waals surface area contributed by atoms with Crippen molar-refractivity contribution >= 4 is 35.3 Å². The number of carbonyl (C=O) groups excluding carboxylic acids is 1. The summed E-state index contributed by atoms with van der Waals surface area (Å²) >= 11 is 7.14. The number of anilines is 1. The zero-order valence-electron chi connectivity index (χ0n) is 8.83. The van der Waals surface area contributed by atoms with Gasteiger partial charge in [-0.1, -0.05) is 23.7 Å². The zero-order valence-corrected chi connectivity index (χ0v) is 10.4. The van der Waals surface area contributed by atoms with Crippen molar-refractivity contribution in [1.82, 2.24) is 4.72 Å². The number of amides is 1. The van der Waals surface area contributed by atoms with Gasteiger partial charge in [0.25, 0.3) is 0 Å². The molecule has 1 aromatic rings. The summed E-state index contributed by atoms with van der Waals surface area (Å²) in [6.07, 6.45) is -0.437. The van der Waals surface area contributed by atoms with Crippen LogP contribution in [0.25, 0.3) is 0 Å². The van der Waals surface area contributed by atoms with E-state index in [0.717, 1.165) is 5.69 Å². The molecule has 88 valence electrons. The fourth-order valence-corrected chi connectivity index (χ4v) is 1.65. The SMILES string of the molecule is CCOC(=O)NSCNc1ccccc1Cl. The highest BCUT2D eigenvalue weighted by Crippen LogP contribution is 2.20. The normalized spacial score (nSPS) is 9.62. The third-order valence-electron chi connectivity index (χ3n) is 1.64. The summed E-state index contributed by atoms with van der Waals surface area (Å²) in [5.41, 5.74) is 0.835. The van der Waals surface area contributed by atoms with Crippen LogP contribution in [0.1, 0.15) is 6.92 Å². The van der Waals surface area contributed by atoms with Gasteiger partial charge in [0.2, 0.25) is 0 Å². The molecular formula is C10H13ClN2O2S. The Bertz CT molecular complexity index is 349. The maximum atomic E-state index is 10.9. The van der Waals surface area contributed by atoms with Crippen molar-refractivity contribution in [1.29, 1.82) is 0 Å². The molecule has 0 aliphatic rings. The third-order valence-corrected chi connectivity index (χ3v) is 2.57. The lowest BCUT2D eigenvalue weighted by Crippen LogP contribution is -2.19. The number of nitrogens with one attached hydrogen (secondary N) is 2. The van der Waals surface area contributed by atoms with Gasteiger partial charge >= 0.3 is 6.09 Å². The molecule has 0 heterocycles. The molecule has 0 aliphatic heterocycles. The van der Waals surface area contributed by atoms with E-state index in [9.17, 15) is 4.79 Å². The maximum Gasteiger partial charge on any atom is 0.417 e. The van der Waals surface area contributed by atoms with Gasteiger partial charge in [0.15, 0.2) is 0 Å². The second-order valence-corrected chi connectivity index (χ2v) is 3.96. The molecule has 2 N–H and O–H groups in total. The zero-order chi connectivity index (χ0) is 11.8. The van der Waals surface area contributed by atoms with Gasteiger partial charge in [-0.2, -0.15) is 0 Å². The number of halogens is 1. The van der Waals surface area contributed by atoms with E-state index >= 15 is 0 Å². The highest BCUT2D eigenvalue weighted by Gasteiger charge is 2.00. The van der Waals surface area contributed by atoms with Crippen LogP contribution < -0.4 is 10.0 Å². The lowest BCUT2D eigenvalue weighted by Gasteiger charge is -2.08. The smallest absolute Gasteiger partial charge is 0.417 e. The molecule has 1 aromatic carbocycles. The van der Waals surface area contributed by atoms with Crippen molar-refractivity contribution in [3.8, 4) is 0 Å².